The van der Waals surface area contributed by atoms with E-state index in [1.807, 2.05) is 0 Å². The summed E-state index contributed by atoms with van der Waals surface area (Å²) in [5.41, 5.74) is 0.465. The Bertz CT molecular complexity index is 167. The van der Waals surface area contributed by atoms with Crippen LogP contribution in [-0.2, 0) is 0 Å². The van der Waals surface area contributed by atoms with Crippen LogP contribution in [0.3, 0.4) is 0 Å². The molecular weight excluding hydrogens is 170 g/mol. The van der Waals surface area contributed by atoms with E-state index in [0.717, 1.165) is 12.0 Å². The molecule has 1 saturated carbocycles. The van der Waals surface area contributed by atoms with Crippen LogP contribution in [0.15, 0.2) is 0 Å². The molecule has 0 heterocycles. The predicted octanol–water partition coefficient (Wildman–Crippen LogP) is 3.59. The standard InChI is InChI=1S/C13H27N/c1-10(2)14-12-9-7-6-8-11(12)13(3,4)5/h10-12,14H,6-9H2,1-5H3. The highest BCUT2D eigenvalue weighted by atomic mass is 14.9. The van der Waals surface area contributed by atoms with Crippen molar-refractivity contribution in [2.45, 2.75) is 72.4 Å². The molecule has 1 N–H and O–H groups in total. The van der Waals surface area contributed by atoms with Gasteiger partial charge >= 0.3 is 0 Å². The van der Waals surface area contributed by atoms with E-state index in [-0.39, 0.29) is 0 Å². The molecular formula is C13H27N. The first-order valence-corrected chi connectivity index (χ1v) is 6.17. The Kier molecular flexibility index (Phi) is 4.00. The third-order valence-corrected chi connectivity index (χ3v) is 3.43. The minimum absolute atomic E-state index is 0.465. The quantitative estimate of drug-likeness (QED) is 0.713. The number of nitrogens with one attached hydrogen (secondary N) is 1. The Morgan fingerprint density at radius 3 is 2.14 bits per heavy atom. The maximum atomic E-state index is 3.74. The normalized spacial score (nSPS) is 29.6. The largest absolute Gasteiger partial charge is 0.311 e. The first-order valence-electron chi connectivity index (χ1n) is 6.17. The van der Waals surface area contributed by atoms with Crippen LogP contribution in [0.1, 0.15) is 60.3 Å². The third-order valence-electron chi connectivity index (χ3n) is 3.43. The number of hydrogen-bond acceptors (Lipinski definition) is 1. The Balaban J connectivity index is 2.59. The summed E-state index contributed by atoms with van der Waals surface area (Å²) in [6.07, 6.45) is 5.63. The fourth-order valence-electron chi connectivity index (χ4n) is 2.80. The van der Waals surface area contributed by atoms with Crippen molar-refractivity contribution in [3.05, 3.63) is 0 Å². The van der Waals surface area contributed by atoms with Gasteiger partial charge in [0.25, 0.3) is 0 Å². The van der Waals surface area contributed by atoms with E-state index < -0.39 is 0 Å². The maximum absolute atomic E-state index is 3.74. The summed E-state index contributed by atoms with van der Waals surface area (Å²) < 4.78 is 0. The van der Waals surface area contributed by atoms with Crippen molar-refractivity contribution in [3.8, 4) is 0 Å². The van der Waals surface area contributed by atoms with Crippen molar-refractivity contribution in [2.24, 2.45) is 11.3 Å². The molecule has 14 heavy (non-hydrogen) atoms. The molecule has 1 aliphatic carbocycles. The minimum atomic E-state index is 0.465. The molecule has 0 aromatic heterocycles. The first-order chi connectivity index (χ1) is 6.41. The van der Waals surface area contributed by atoms with Crippen molar-refractivity contribution in [1.29, 1.82) is 0 Å². The minimum Gasteiger partial charge on any atom is -0.311 e. The summed E-state index contributed by atoms with van der Waals surface area (Å²) >= 11 is 0. The van der Waals surface area contributed by atoms with E-state index in [4.69, 9.17) is 0 Å². The monoisotopic (exact) mass is 197 g/mol. The molecule has 2 unspecified atom stereocenters. The zero-order valence-corrected chi connectivity index (χ0v) is 10.6. The molecule has 0 amide bonds. The summed E-state index contributed by atoms with van der Waals surface area (Å²) in [6.45, 7) is 11.7. The Morgan fingerprint density at radius 2 is 1.64 bits per heavy atom. The van der Waals surface area contributed by atoms with Crippen molar-refractivity contribution < 1.29 is 0 Å². The summed E-state index contributed by atoms with van der Waals surface area (Å²) in [5, 5.41) is 3.74. The van der Waals surface area contributed by atoms with Crippen LogP contribution in [0.4, 0.5) is 0 Å². The highest BCUT2D eigenvalue weighted by Gasteiger charge is 2.33. The SMILES string of the molecule is CC(C)NC1CCCCC1C(C)(C)C. The molecule has 1 aliphatic rings. The lowest BCUT2D eigenvalue weighted by atomic mass is 9.69. The van der Waals surface area contributed by atoms with Gasteiger partial charge in [-0.15, -0.1) is 0 Å². The molecule has 0 radical (unpaired) electrons. The van der Waals surface area contributed by atoms with E-state index >= 15 is 0 Å². The zero-order valence-electron chi connectivity index (χ0n) is 10.6. The van der Waals surface area contributed by atoms with Crippen molar-refractivity contribution in [3.63, 3.8) is 0 Å². The molecule has 0 aromatic rings. The van der Waals surface area contributed by atoms with Crippen molar-refractivity contribution >= 4 is 0 Å². The van der Waals surface area contributed by atoms with Gasteiger partial charge < -0.3 is 5.32 Å². The number of rotatable bonds is 2. The van der Waals surface area contributed by atoms with Gasteiger partial charge in [0.15, 0.2) is 0 Å². The van der Waals surface area contributed by atoms with Crippen LogP contribution < -0.4 is 5.32 Å². The fraction of sp³-hybridized carbons (Fsp3) is 1.00. The average molecular weight is 197 g/mol. The van der Waals surface area contributed by atoms with Crippen molar-refractivity contribution in [1.82, 2.24) is 5.32 Å². The second-order valence-electron chi connectivity index (χ2n) is 6.18. The molecule has 1 rings (SSSR count). The summed E-state index contributed by atoms with van der Waals surface area (Å²) in [7, 11) is 0. The smallest absolute Gasteiger partial charge is 0.0103 e. The molecule has 1 fully saturated rings. The van der Waals surface area contributed by atoms with Gasteiger partial charge in [0.05, 0.1) is 0 Å². The second-order valence-corrected chi connectivity index (χ2v) is 6.18. The lowest BCUT2D eigenvalue weighted by molar-refractivity contribution is 0.126. The van der Waals surface area contributed by atoms with Crippen molar-refractivity contribution in [2.75, 3.05) is 0 Å². The van der Waals surface area contributed by atoms with Gasteiger partial charge in [-0.3, -0.25) is 0 Å². The fourth-order valence-corrected chi connectivity index (χ4v) is 2.80. The Morgan fingerprint density at radius 1 is 1.07 bits per heavy atom. The maximum Gasteiger partial charge on any atom is 0.0103 e. The van der Waals surface area contributed by atoms with Crippen LogP contribution in [-0.4, -0.2) is 12.1 Å². The van der Waals surface area contributed by atoms with E-state index in [9.17, 15) is 0 Å². The molecule has 0 aromatic carbocycles. The molecule has 84 valence electrons. The average Bonchev–Trinajstić information content (AvgIpc) is 2.01. The van der Waals surface area contributed by atoms with Gasteiger partial charge in [-0.2, -0.15) is 0 Å². The van der Waals surface area contributed by atoms with E-state index in [1.54, 1.807) is 0 Å². The number of hydrogen-bond donors (Lipinski definition) is 1. The van der Waals surface area contributed by atoms with Crippen LogP contribution in [0.2, 0.25) is 0 Å². The Labute approximate surface area is 89.7 Å². The lowest BCUT2D eigenvalue weighted by Gasteiger charge is -2.41. The second kappa shape index (κ2) is 4.65. The summed E-state index contributed by atoms with van der Waals surface area (Å²) in [5.74, 6) is 0.860. The molecule has 1 nitrogen and oxygen atoms in total. The molecule has 0 aliphatic heterocycles. The molecule has 0 saturated heterocycles. The van der Waals surface area contributed by atoms with Gasteiger partial charge in [0.1, 0.15) is 0 Å². The van der Waals surface area contributed by atoms with Crippen LogP contribution >= 0.6 is 0 Å². The van der Waals surface area contributed by atoms with Crippen LogP contribution in [0.5, 0.6) is 0 Å². The summed E-state index contributed by atoms with van der Waals surface area (Å²) in [4.78, 5) is 0. The molecule has 0 bridgehead atoms. The zero-order chi connectivity index (χ0) is 10.8. The highest BCUT2D eigenvalue weighted by molar-refractivity contribution is 4.88. The summed E-state index contributed by atoms with van der Waals surface area (Å²) in [6, 6.07) is 1.38. The highest BCUT2D eigenvalue weighted by Crippen LogP contribution is 2.38. The van der Waals surface area contributed by atoms with Crippen LogP contribution in [0, 0.1) is 11.3 Å². The van der Waals surface area contributed by atoms with Gasteiger partial charge in [-0.1, -0.05) is 47.5 Å². The molecule has 0 spiro atoms. The van der Waals surface area contributed by atoms with E-state index in [0.29, 0.717) is 11.5 Å². The predicted molar refractivity (Wildman–Crippen MR) is 63.5 cm³/mol. The Hall–Kier alpha value is -0.0400. The van der Waals surface area contributed by atoms with Gasteiger partial charge in [0, 0.05) is 12.1 Å². The molecule has 1 heteroatoms. The topological polar surface area (TPSA) is 12.0 Å². The van der Waals surface area contributed by atoms with Crippen LogP contribution in [0.25, 0.3) is 0 Å². The third kappa shape index (κ3) is 3.27. The van der Waals surface area contributed by atoms with E-state index in [1.165, 1.54) is 25.7 Å². The van der Waals surface area contributed by atoms with Gasteiger partial charge in [-0.25, -0.2) is 0 Å². The van der Waals surface area contributed by atoms with Gasteiger partial charge in [0.2, 0.25) is 0 Å². The first kappa shape index (κ1) is 12.0. The lowest BCUT2D eigenvalue weighted by Crippen LogP contribution is -2.46. The van der Waals surface area contributed by atoms with E-state index in [2.05, 4.69) is 39.9 Å². The molecule has 2 atom stereocenters. The van der Waals surface area contributed by atoms with Gasteiger partial charge in [-0.05, 0) is 24.2 Å².